The highest BCUT2D eigenvalue weighted by Crippen LogP contribution is 2.22. The van der Waals surface area contributed by atoms with Gasteiger partial charge in [0.05, 0.1) is 12.4 Å². The van der Waals surface area contributed by atoms with E-state index >= 15 is 0 Å². The van der Waals surface area contributed by atoms with Gasteiger partial charge in [0.25, 0.3) is 0 Å². The summed E-state index contributed by atoms with van der Waals surface area (Å²) in [6, 6.07) is 6.07. The first kappa shape index (κ1) is 13.5. The van der Waals surface area contributed by atoms with Crippen molar-refractivity contribution < 1.29 is 9.13 Å². The second kappa shape index (κ2) is 5.66. The van der Waals surface area contributed by atoms with Crippen LogP contribution in [0.25, 0.3) is 0 Å². The topological polar surface area (TPSA) is 59.1 Å². The van der Waals surface area contributed by atoms with Gasteiger partial charge in [0.15, 0.2) is 0 Å². The van der Waals surface area contributed by atoms with Crippen molar-refractivity contribution in [3.63, 3.8) is 0 Å². The molecule has 94 valence electrons. The fourth-order valence-electron chi connectivity index (χ4n) is 1.40. The number of amidine groups is 1. The molecular formula is C13H19FN2O. The summed E-state index contributed by atoms with van der Waals surface area (Å²) in [5.74, 6) is 0.417. The maximum atomic E-state index is 12.8. The lowest BCUT2D eigenvalue weighted by molar-refractivity contribution is 0.285. The average Bonchev–Trinajstić information content (AvgIpc) is 2.24. The van der Waals surface area contributed by atoms with E-state index in [1.165, 1.54) is 12.1 Å². The molecule has 0 radical (unpaired) electrons. The molecule has 17 heavy (non-hydrogen) atoms. The molecule has 0 aliphatic heterocycles. The van der Waals surface area contributed by atoms with Gasteiger partial charge in [-0.2, -0.15) is 0 Å². The minimum absolute atomic E-state index is 0.184. The zero-order chi connectivity index (χ0) is 12.9. The van der Waals surface area contributed by atoms with Crippen LogP contribution in [0.5, 0.6) is 5.75 Å². The molecule has 0 saturated carbocycles. The highest BCUT2D eigenvalue weighted by atomic mass is 19.1. The Labute approximate surface area is 101 Å². The molecule has 1 rings (SSSR count). The lowest BCUT2D eigenvalue weighted by Gasteiger charge is -2.22. The van der Waals surface area contributed by atoms with Crippen LogP contribution >= 0.6 is 0 Å². The summed E-state index contributed by atoms with van der Waals surface area (Å²) < 4.78 is 18.3. The summed E-state index contributed by atoms with van der Waals surface area (Å²) in [5, 5.41) is 7.41. The molecule has 0 spiro atoms. The molecule has 1 aromatic carbocycles. The smallest absolute Gasteiger partial charge is 0.126 e. The van der Waals surface area contributed by atoms with Crippen molar-refractivity contribution in [1.29, 1.82) is 5.41 Å². The van der Waals surface area contributed by atoms with E-state index in [1.54, 1.807) is 12.1 Å². The largest absolute Gasteiger partial charge is 0.493 e. The summed E-state index contributed by atoms with van der Waals surface area (Å²) in [5.41, 5.74) is 5.18. The van der Waals surface area contributed by atoms with E-state index in [0.717, 1.165) is 12.8 Å². The van der Waals surface area contributed by atoms with Crippen LogP contribution < -0.4 is 10.5 Å². The predicted octanol–water partition coefficient (Wildman–Crippen LogP) is 2.95. The van der Waals surface area contributed by atoms with Crippen molar-refractivity contribution in [2.75, 3.05) is 6.61 Å². The SMILES string of the molecule is CC(C)(CCCOc1cccc(F)c1)C(=N)N. The molecule has 0 fully saturated rings. The zero-order valence-corrected chi connectivity index (χ0v) is 10.3. The van der Waals surface area contributed by atoms with Crippen LogP contribution in [0.15, 0.2) is 24.3 Å². The number of halogens is 1. The number of benzene rings is 1. The van der Waals surface area contributed by atoms with E-state index in [1.807, 2.05) is 13.8 Å². The van der Waals surface area contributed by atoms with Crippen LogP contribution in [0.2, 0.25) is 0 Å². The number of hydrogen-bond donors (Lipinski definition) is 2. The van der Waals surface area contributed by atoms with Gasteiger partial charge in [0, 0.05) is 11.5 Å². The second-order valence-electron chi connectivity index (χ2n) is 4.71. The van der Waals surface area contributed by atoms with Crippen LogP contribution in [0.1, 0.15) is 26.7 Å². The monoisotopic (exact) mass is 238 g/mol. The molecule has 0 atom stereocenters. The molecule has 0 saturated heterocycles. The Morgan fingerprint density at radius 1 is 1.47 bits per heavy atom. The molecule has 0 aliphatic rings. The van der Waals surface area contributed by atoms with Crippen molar-refractivity contribution in [2.45, 2.75) is 26.7 Å². The van der Waals surface area contributed by atoms with Gasteiger partial charge in [-0.25, -0.2) is 4.39 Å². The summed E-state index contributed by atoms with van der Waals surface area (Å²) in [6.07, 6.45) is 1.56. The van der Waals surface area contributed by atoms with Crippen LogP contribution in [-0.2, 0) is 0 Å². The Morgan fingerprint density at radius 2 is 2.18 bits per heavy atom. The fraction of sp³-hybridized carbons (Fsp3) is 0.462. The minimum atomic E-state index is -0.300. The van der Waals surface area contributed by atoms with E-state index in [0.29, 0.717) is 12.4 Å². The van der Waals surface area contributed by atoms with E-state index in [9.17, 15) is 4.39 Å². The molecule has 1 aromatic rings. The minimum Gasteiger partial charge on any atom is -0.493 e. The first-order valence-electron chi connectivity index (χ1n) is 5.65. The van der Waals surface area contributed by atoms with Gasteiger partial charge in [-0.15, -0.1) is 0 Å². The van der Waals surface area contributed by atoms with E-state index in [-0.39, 0.29) is 17.1 Å². The summed E-state index contributed by atoms with van der Waals surface area (Å²) >= 11 is 0. The summed E-state index contributed by atoms with van der Waals surface area (Å²) in [6.45, 7) is 4.36. The molecule has 3 N–H and O–H groups in total. The van der Waals surface area contributed by atoms with Gasteiger partial charge in [0.1, 0.15) is 11.6 Å². The Morgan fingerprint density at radius 3 is 2.76 bits per heavy atom. The van der Waals surface area contributed by atoms with E-state index < -0.39 is 0 Å². The fourth-order valence-corrected chi connectivity index (χ4v) is 1.40. The summed E-state index contributed by atoms with van der Waals surface area (Å²) in [7, 11) is 0. The maximum Gasteiger partial charge on any atom is 0.126 e. The van der Waals surface area contributed by atoms with E-state index in [4.69, 9.17) is 15.9 Å². The third-order valence-corrected chi connectivity index (χ3v) is 2.74. The molecule has 0 unspecified atom stereocenters. The van der Waals surface area contributed by atoms with Crippen molar-refractivity contribution in [3.8, 4) is 5.75 Å². The summed E-state index contributed by atoms with van der Waals surface area (Å²) in [4.78, 5) is 0. The average molecular weight is 238 g/mol. The van der Waals surface area contributed by atoms with Gasteiger partial charge in [-0.05, 0) is 25.0 Å². The van der Waals surface area contributed by atoms with Crippen molar-refractivity contribution >= 4 is 5.84 Å². The molecule has 0 heterocycles. The van der Waals surface area contributed by atoms with Crippen molar-refractivity contribution in [3.05, 3.63) is 30.1 Å². The van der Waals surface area contributed by atoms with Gasteiger partial charge >= 0.3 is 0 Å². The maximum absolute atomic E-state index is 12.8. The van der Waals surface area contributed by atoms with Crippen LogP contribution in [0.3, 0.4) is 0 Å². The zero-order valence-electron chi connectivity index (χ0n) is 10.3. The van der Waals surface area contributed by atoms with Crippen molar-refractivity contribution in [1.82, 2.24) is 0 Å². The number of nitrogens with one attached hydrogen (secondary N) is 1. The first-order valence-corrected chi connectivity index (χ1v) is 5.65. The molecule has 0 bridgehead atoms. The lowest BCUT2D eigenvalue weighted by atomic mass is 9.87. The Balaban J connectivity index is 2.32. The first-order chi connectivity index (χ1) is 7.92. The molecule has 0 aliphatic carbocycles. The van der Waals surface area contributed by atoms with Crippen LogP contribution in [0.4, 0.5) is 4.39 Å². The molecule has 4 heteroatoms. The number of nitrogens with two attached hydrogens (primary N) is 1. The van der Waals surface area contributed by atoms with Gasteiger partial charge in [0.2, 0.25) is 0 Å². The van der Waals surface area contributed by atoms with Crippen LogP contribution in [-0.4, -0.2) is 12.4 Å². The number of rotatable bonds is 6. The number of ether oxygens (including phenoxy) is 1. The van der Waals surface area contributed by atoms with Crippen molar-refractivity contribution in [2.24, 2.45) is 11.1 Å². The molecule has 3 nitrogen and oxygen atoms in total. The second-order valence-corrected chi connectivity index (χ2v) is 4.71. The van der Waals surface area contributed by atoms with Gasteiger partial charge in [-0.1, -0.05) is 19.9 Å². The third-order valence-electron chi connectivity index (χ3n) is 2.74. The predicted molar refractivity (Wildman–Crippen MR) is 66.8 cm³/mol. The van der Waals surface area contributed by atoms with E-state index in [2.05, 4.69) is 0 Å². The highest BCUT2D eigenvalue weighted by molar-refractivity contribution is 5.82. The number of hydrogen-bond acceptors (Lipinski definition) is 2. The standard InChI is InChI=1S/C13H19FN2O/c1-13(2,12(15)16)7-4-8-17-11-6-3-5-10(14)9-11/h3,5-6,9H,4,7-8H2,1-2H3,(H3,15,16). The lowest BCUT2D eigenvalue weighted by Crippen LogP contribution is -2.31. The Kier molecular flexibility index (Phi) is 4.49. The third kappa shape index (κ3) is 4.43. The molecule has 0 aromatic heterocycles. The van der Waals surface area contributed by atoms with Crippen LogP contribution in [0, 0.1) is 16.6 Å². The molecule has 0 amide bonds. The Hall–Kier alpha value is -1.58. The quantitative estimate of drug-likeness (QED) is 0.455. The highest BCUT2D eigenvalue weighted by Gasteiger charge is 2.20. The van der Waals surface area contributed by atoms with Gasteiger partial charge in [-0.3, -0.25) is 5.41 Å². The Bertz CT molecular complexity index is 391. The molecular weight excluding hydrogens is 219 g/mol. The normalized spacial score (nSPS) is 11.2. The van der Waals surface area contributed by atoms with Gasteiger partial charge < -0.3 is 10.5 Å².